The Labute approximate surface area is 166 Å². The lowest BCUT2D eigenvalue weighted by atomic mass is 9.95. The molecule has 1 fully saturated rings. The van der Waals surface area contributed by atoms with E-state index in [9.17, 15) is 14.4 Å². The molecule has 2 amide bonds. The lowest BCUT2D eigenvalue weighted by Gasteiger charge is -2.38. The van der Waals surface area contributed by atoms with Gasteiger partial charge in [-0.05, 0) is 24.3 Å². The first-order chi connectivity index (χ1) is 14.1. The molecule has 0 spiro atoms. The molecular weight excluding hydrogens is 380 g/mol. The highest BCUT2D eigenvalue weighted by molar-refractivity contribution is 6.08. The number of nitrogens with one attached hydrogen (secondary N) is 1. The Hall–Kier alpha value is -3.56. The van der Waals surface area contributed by atoms with E-state index in [1.807, 2.05) is 4.90 Å². The Kier molecular flexibility index (Phi) is 5.07. The number of carbonyl (C=O) groups is 3. The second-order valence-corrected chi connectivity index (χ2v) is 6.66. The number of hydrogen-bond acceptors (Lipinski definition) is 8. The van der Waals surface area contributed by atoms with Gasteiger partial charge in [-0.25, -0.2) is 4.99 Å². The van der Waals surface area contributed by atoms with Crippen molar-refractivity contribution in [2.45, 2.75) is 6.04 Å². The van der Waals surface area contributed by atoms with Gasteiger partial charge < -0.3 is 23.4 Å². The molecule has 10 nitrogen and oxygen atoms in total. The molecule has 29 heavy (non-hydrogen) atoms. The number of methoxy groups -OCH3 is 1. The number of ether oxygens (including phenoxy) is 1. The van der Waals surface area contributed by atoms with Crippen LogP contribution in [0.1, 0.15) is 22.4 Å². The molecule has 1 N–H and O–H groups in total. The number of amides is 2. The van der Waals surface area contributed by atoms with Gasteiger partial charge in [0.15, 0.2) is 11.7 Å². The van der Waals surface area contributed by atoms with Gasteiger partial charge >= 0.3 is 5.97 Å². The molecule has 2 aliphatic rings. The Morgan fingerprint density at radius 3 is 2.48 bits per heavy atom. The summed E-state index contributed by atoms with van der Waals surface area (Å²) in [6.45, 7) is 1.83. The van der Waals surface area contributed by atoms with Crippen LogP contribution in [0.5, 0.6) is 0 Å². The maximum Gasteiger partial charge on any atom is 0.320 e. The van der Waals surface area contributed by atoms with E-state index in [0.717, 1.165) is 0 Å². The highest BCUT2D eigenvalue weighted by Gasteiger charge is 2.43. The lowest BCUT2D eigenvalue weighted by molar-refractivity contribution is -0.151. The van der Waals surface area contributed by atoms with Gasteiger partial charge in [-0.15, -0.1) is 0 Å². The molecule has 4 heterocycles. The number of esters is 1. The predicted molar refractivity (Wildman–Crippen MR) is 98.7 cm³/mol. The van der Waals surface area contributed by atoms with E-state index in [1.54, 1.807) is 29.2 Å². The average Bonchev–Trinajstić information content (AvgIpc) is 3.46. The molecule has 2 aliphatic heterocycles. The molecule has 1 saturated heterocycles. The number of carbonyl (C=O) groups excluding carboxylic acids is 3. The summed E-state index contributed by atoms with van der Waals surface area (Å²) in [6, 6.07) is 5.82. The van der Waals surface area contributed by atoms with E-state index in [1.165, 1.54) is 19.6 Å². The number of aliphatic imine (C=N–C) groups is 1. The topological polar surface area (TPSA) is 118 Å². The molecule has 0 unspecified atom stereocenters. The van der Waals surface area contributed by atoms with Gasteiger partial charge in [0, 0.05) is 26.2 Å². The van der Waals surface area contributed by atoms with E-state index in [-0.39, 0.29) is 5.91 Å². The highest BCUT2D eigenvalue weighted by atomic mass is 16.5. The third kappa shape index (κ3) is 3.60. The van der Waals surface area contributed by atoms with Crippen molar-refractivity contribution >= 4 is 23.7 Å². The molecule has 0 saturated carbocycles. The first kappa shape index (κ1) is 18.8. The number of furan rings is 2. The zero-order valence-electron chi connectivity index (χ0n) is 15.7. The Morgan fingerprint density at radius 2 is 1.86 bits per heavy atom. The van der Waals surface area contributed by atoms with Crippen molar-refractivity contribution in [2.75, 3.05) is 33.3 Å². The van der Waals surface area contributed by atoms with Crippen molar-refractivity contribution in [2.24, 2.45) is 10.9 Å². The number of hydrogen-bond donors (Lipinski definition) is 1. The van der Waals surface area contributed by atoms with Gasteiger partial charge in [0.1, 0.15) is 11.8 Å². The molecule has 0 aliphatic carbocycles. The molecular formula is C19H20N4O6. The van der Waals surface area contributed by atoms with E-state index in [0.29, 0.717) is 43.7 Å². The fraction of sp³-hybridized carbons (Fsp3) is 0.368. The van der Waals surface area contributed by atoms with Crippen LogP contribution in [0.3, 0.4) is 0 Å². The average molecular weight is 400 g/mol. The molecule has 152 valence electrons. The maximum atomic E-state index is 12.6. The summed E-state index contributed by atoms with van der Waals surface area (Å²) in [5.41, 5.74) is 0. The standard InChI is InChI=1S/C19H20N4O6/c1-27-18(26)14-15(12-4-2-10-28-12)20-19(21-16(14)24)23-8-6-22(7-9-23)17(25)13-5-3-11-29-13/h2-5,10-11,14-15H,6-9H2,1H3,(H,20,21,24)/t14-,15+/m1/s1. The van der Waals surface area contributed by atoms with Crippen molar-refractivity contribution < 1.29 is 28.0 Å². The van der Waals surface area contributed by atoms with Crippen LogP contribution in [0.25, 0.3) is 0 Å². The molecule has 10 heteroatoms. The van der Waals surface area contributed by atoms with Crippen LogP contribution in [0.2, 0.25) is 0 Å². The SMILES string of the molecule is COC(=O)[C@H]1C(=O)NC(N2CCN(C(=O)c3ccco3)CC2)=N[C@H]1c1ccco1. The Morgan fingerprint density at radius 1 is 1.14 bits per heavy atom. The number of rotatable bonds is 3. The molecule has 4 rings (SSSR count). The minimum Gasteiger partial charge on any atom is -0.468 e. The van der Waals surface area contributed by atoms with Crippen molar-refractivity contribution in [1.29, 1.82) is 0 Å². The third-order valence-electron chi connectivity index (χ3n) is 4.98. The summed E-state index contributed by atoms with van der Waals surface area (Å²) < 4.78 is 15.3. The Bertz CT molecular complexity index is 913. The fourth-order valence-corrected chi connectivity index (χ4v) is 3.46. The van der Waals surface area contributed by atoms with E-state index in [2.05, 4.69) is 10.3 Å². The van der Waals surface area contributed by atoms with Gasteiger partial charge in [0.05, 0.1) is 19.6 Å². The maximum absolute atomic E-state index is 12.6. The minimum atomic E-state index is -1.13. The number of nitrogens with zero attached hydrogens (tertiary/aromatic N) is 3. The van der Waals surface area contributed by atoms with Crippen molar-refractivity contribution in [3.63, 3.8) is 0 Å². The number of piperazine rings is 1. The summed E-state index contributed by atoms with van der Waals surface area (Å²) in [5, 5.41) is 2.69. The molecule has 2 atom stereocenters. The quantitative estimate of drug-likeness (QED) is 0.594. The van der Waals surface area contributed by atoms with Crippen LogP contribution in [-0.2, 0) is 14.3 Å². The summed E-state index contributed by atoms with van der Waals surface area (Å²) in [6.07, 6.45) is 2.92. The van der Waals surface area contributed by atoms with E-state index >= 15 is 0 Å². The normalized spacial score (nSPS) is 22.1. The summed E-state index contributed by atoms with van der Waals surface area (Å²) in [5.74, 6) is -1.44. The van der Waals surface area contributed by atoms with E-state index < -0.39 is 23.8 Å². The summed E-state index contributed by atoms with van der Waals surface area (Å²) in [7, 11) is 1.23. The zero-order valence-corrected chi connectivity index (χ0v) is 15.7. The van der Waals surface area contributed by atoms with Crippen LogP contribution in [0.15, 0.2) is 50.6 Å². The summed E-state index contributed by atoms with van der Waals surface area (Å²) >= 11 is 0. The van der Waals surface area contributed by atoms with Crippen molar-refractivity contribution in [3.05, 3.63) is 48.3 Å². The molecule has 0 aromatic carbocycles. The van der Waals surface area contributed by atoms with Crippen LogP contribution < -0.4 is 5.32 Å². The van der Waals surface area contributed by atoms with Gasteiger partial charge in [0.25, 0.3) is 5.91 Å². The van der Waals surface area contributed by atoms with Crippen LogP contribution in [0, 0.1) is 5.92 Å². The third-order valence-corrected chi connectivity index (χ3v) is 4.98. The molecule has 0 bridgehead atoms. The van der Waals surface area contributed by atoms with E-state index in [4.69, 9.17) is 13.6 Å². The predicted octanol–water partition coefficient (Wildman–Crippen LogP) is 0.647. The first-order valence-electron chi connectivity index (χ1n) is 9.16. The van der Waals surface area contributed by atoms with Gasteiger partial charge in [-0.3, -0.25) is 19.7 Å². The lowest BCUT2D eigenvalue weighted by Crippen LogP contribution is -2.58. The van der Waals surface area contributed by atoms with Crippen molar-refractivity contribution in [3.8, 4) is 0 Å². The summed E-state index contributed by atoms with van der Waals surface area (Å²) in [4.78, 5) is 45.3. The van der Waals surface area contributed by atoms with Crippen LogP contribution in [0.4, 0.5) is 0 Å². The fourth-order valence-electron chi connectivity index (χ4n) is 3.46. The second kappa shape index (κ2) is 7.82. The molecule has 2 aromatic heterocycles. The van der Waals surface area contributed by atoms with Gasteiger partial charge in [0.2, 0.25) is 11.9 Å². The monoisotopic (exact) mass is 400 g/mol. The number of guanidine groups is 1. The minimum absolute atomic E-state index is 0.177. The van der Waals surface area contributed by atoms with Crippen LogP contribution >= 0.6 is 0 Å². The first-order valence-corrected chi connectivity index (χ1v) is 9.16. The van der Waals surface area contributed by atoms with Gasteiger partial charge in [-0.2, -0.15) is 0 Å². The van der Waals surface area contributed by atoms with Crippen molar-refractivity contribution in [1.82, 2.24) is 15.1 Å². The van der Waals surface area contributed by atoms with Gasteiger partial charge in [-0.1, -0.05) is 0 Å². The Balaban J connectivity index is 1.50. The molecule has 2 aromatic rings. The largest absolute Gasteiger partial charge is 0.468 e. The smallest absolute Gasteiger partial charge is 0.320 e. The zero-order chi connectivity index (χ0) is 20.4. The second-order valence-electron chi connectivity index (χ2n) is 6.66. The molecule has 0 radical (unpaired) electrons. The highest BCUT2D eigenvalue weighted by Crippen LogP contribution is 2.31. The van der Waals surface area contributed by atoms with Crippen LogP contribution in [-0.4, -0.2) is 66.8 Å².